The number of hydrogen-bond donors (Lipinski definition) is 1. The Kier molecular flexibility index (Phi) is 6.80. The highest BCUT2D eigenvalue weighted by molar-refractivity contribution is 7.91. The standard InChI is InChI=1S/C28H27NO4S/c1-19(34(2,32)33)14-21-16-25-10-5-13-29-28(25)26(17-21)24-9-4-8-23(18-24)22-7-3-6-20(15-22)11-12-27(30)31/h3-10,13,15-19H,11-12,14H2,1-2H3,(H,30,31). The number of aryl methyl sites for hydroxylation is 1. The van der Waals surface area contributed by atoms with Crippen molar-refractivity contribution < 1.29 is 18.3 Å². The van der Waals surface area contributed by atoms with Gasteiger partial charge >= 0.3 is 5.97 Å². The van der Waals surface area contributed by atoms with Crippen LogP contribution in [0.2, 0.25) is 0 Å². The SMILES string of the molecule is CC(Cc1cc(-c2cccc(-c3cccc(CCC(=O)O)c3)c2)c2ncccc2c1)S(C)(=O)=O. The fourth-order valence-electron chi connectivity index (χ4n) is 4.10. The van der Waals surface area contributed by atoms with Gasteiger partial charge in [-0.05, 0) is 71.8 Å². The predicted octanol–water partition coefficient (Wildman–Crippen LogP) is 5.56. The maximum absolute atomic E-state index is 12.0. The van der Waals surface area contributed by atoms with Crippen LogP contribution in [0.4, 0.5) is 0 Å². The van der Waals surface area contributed by atoms with Crippen molar-refractivity contribution in [3.8, 4) is 22.3 Å². The molecule has 5 nitrogen and oxygen atoms in total. The molecule has 1 N–H and O–H groups in total. The lowest BCUT2D eigenvalue weighted by Gasteiger charge is -2.14. The topological polar surface area (TPSA) is 84.3 Å². The molecule has 0 radical (unpaired) electrons. The molecule has 0 amide bonds. The maximum Gasteiger partial charge on any atom is 0.303 e. The van der Waals surface area contributed by atoms with Gasteiger partial charge in [0.05, 0.1) is 10.8 Å². The van der Waals surface area contributed by atoms with Gasteiger partial charge in [-0.2, -0.15) is 0 Å². The molecule has 0 saturated heterocycles. The number of aliphatic carboxylic acids is 1. The van der Waals surface area contributed by atoms with Crippen LogP contribution < -0.4 is 0 Å². The van der Waals surface area contributed by atoms with Gasteiger partial charge < -0.3 is 5.11 Å². The maximum atomic E-state index is 12.0. The Morgan fingerprint density at radius 3 is 2.35 bits per heavy atom. The van der Waals surface area contributed by atoms with Crippen LogP contribution >= 0.6 is 0 Å². The smallest absolute Gasteiger partial charge is 0.303 e. The largest absolute Gasteiger partial charge is 0.481 e. The van der Waals surface area contributed by atoms with E-state index >= 15 is 0 Å². The number of carboxylic acid groups (broad SMARTS) is 1. The normalized spacial score (nSPS) is 12.5. The van der Waals surface area contributed by atoms with Crippen molar-refractivity contribution in [3.63, 3.8) is 0 Å². The molecular formula is C28H27NO4S. The Labute approximate surface area is 200 Å². The first-order chi connectivity index (χ1) is 16.2. The Morgan fingerprint density at radius 1 is 0.912 bits per heavy atom. The van der Waals surface area contributed by atoms with E-state index in [1.807, 2.05) is 66.7 Å². The second kappa shape index (κ2) is 9.77. The summed E-state index contributed by atoms with van der Waals surface area (Å²) in [6.07, 6.45) is 4.05. The van der Waals surface area contributed by atoms with Gasteiger partial charge in [-0.15, -0.1) is 0 Å². The third-order valence-electron chi connectivity index (χ3n) is 6.08. The molecule has 0 saturated carbocycles. The lowest BCUT2D eigenvalue weighted by molar-refractivity contribution is -0.136. The summed E-state index contributed by atoms with van der Waals surface area (Å²) in [7, 11) is -3.14. The molecule has 1 aromatic heterocycles. The number of nitrogens with zero attached hydrogens (tertiary/aromatic N) is 1. The monoisotopic (exact) mass is 473 g/mol. The number of carbonyl (C=O) groups is 1. The second-order valence-corrected chi connectivity index (χ2v) is 11.2. The van der Waals surface area contributed by atoms with E-state index in [0.717, 1.165) is 44.3 Å². The number of benzene rings is 3. The zero-order valence-electron chi connectivity index (χ0n) is 19.2. The fourth-order valence-corrected chi connectivity index (χ4v) is 4.59. The molecule has 4 rings (SSSR count). The lowest BCUT2D eigenvalue weighted by atomic mass is 9.94. The fraction of sp³-hybridized carbons (Fsp3) is 0.214. The van der Waals surface area contributed by atoms with Crippen LogP contribution in [0, 0.1) is 0 Å². The first-order valence-electron chi connectivity index (χ1n) is 11.2. The summed E-state index contributed by atoms with van der Waals surface area (Å²) < 4.78 is 24.0. The minimum absolute atomic E-state index is 0.0971. The zero-order valence-corrected chi connectivity index (χ0v) is 20.0. The van der Waals surface area contributed by atoms with Crippen LogP contribution in [0.15, 0.2) is 79.0 Å². The quantitative estimate of drug-likeness (QED) is 0.362. The summed E-state index contributed by atoms with van der Waals surface area (Å²) in [5.74, 6) is -0.808. The van der Waals surface area contributed by atoms with Gasteiger partial charge in [0.15, 0.2) is 0 Å². The van der Waals surface area contributed by atoms with Crippen LogP contribution in [0.25, 0.3) is 33.2 Å². The Balaban J connectivity index is 1.76. The Bertz CT molecular complexity index is 1460. The summed E-state index contributed by atoms with van der Waals surface area (Å²) >= 11 is 0. The molecule has 1 atom stereocenters. The van der Waals surface area contributed by atoms with Gasteiger partial charge in [0, 0.05) is 29.8 Å². The lowest BCUT2D eigenvalue weighted by Crippen LogP contribution is -2.18. The van der Waals surface area contributed by atoms with Crippen LogP contribution in [0.3, 0.4) is 0 Å². The molecule has 174 valence electrons. The summed E-state index contributed by atoms with van der Waals surface area (Å²) in [4.78, 5) is 15.6. The number of fused-ring (bicyclic) bond motifs is 1. The third-order valence-corrected chi connectivity index (χ3v) is 7.71. The average Bonchev–Trinajstić information content (AvgIpc) is 2.82. The van der Waals surface area contributed by atoms with E-state index < -0.39 is 21.1 Å². The van der Waals surface area contributed by atoms with Gasteiger partial charge in [-0.1, -0.05) is 48.5 Å². The first-order valence-corrected chi connectivity index (χ1v) is 13.1. The molecule has 0 aliphatic rings. The van der Waals surface area contributed by atoms with E-state index in [9.17, 15) is 13.2 Å². The molecule has 4 aromatic rings. The van der Waals surface area contributed by atoms with Crippen LogP contribution in [0.1, 0.15) is 24.5 Å². The molecule has 0 spiro atoms. The van der Waals surface area contributed by atoms with Gasteiger partial charge in [0.25, 0.3) is 0 Å². The minimum atomic E-state index is -3.14. The summed E-state index contributed by atoms with van der Waals surface area (Å²) in [5, 5.41) is 9.48. The zero-order chi connectivity index (χ0) is 24.3. The number of hydrogen-bond acceptors (Lipinski definition) is 4. The van der Waals surface area contributed by atoms with E-state index in [-0.39, 0.29) is 6.42 Å². The van der Waals surface area contributed by atoms with Crippen molar-refractivity contribution >= 4 is 26.7 Å². The van der Waals surface area contributed by atoms with E-state index in [4.69, 9.17) is 5.11 Å². The molecular weight excluding hydrogens is 446 g/mol. The number of aromatic nitrogens is 1. The third kappa shape index (κ3) is 5.51. The molecule has 0 fully saturated rings. The van der Waals surface area contributed by atoms with Crippen molar-refractivity contribution in [3.05, 3.63) is 90.1 Å². The number of rotatable bonds is 8. The van der Waals surface area contributed by atoms with E-state index in [2.05, 4.69) is 11.1 Å². The van der Waals surface area contributed by atoms with Gasteiger partial charge in [-0.25, -0.2) is 8.42 Å². The van der Waals surface area contributed by atoms with Crippen molar-refractivity contribution in [1.82, 2.24) is 4.98 Å². The highest BCUT2D eigenvalue weighted by Gasteiger charge is 2.17. The molecule has 34 heavy (non-hydrogen) atoms. The summed E-state index contributed by atoms with van der Waals surface area (Å²) in [5.41, 5.74) is 6.79. The van der Waals surface area contributed by atoms with Crippen molar-refractivity contribution in [2.24, 2.45) is 0 Å². The molecule has 1 heterocycles. The highest BCUT2D eigenvalue weighted by Crippen LogP contribution is 2.32. The molecule has 3 aromatic carbocycles. The van der Waals surface area contributed by atoms with Crippen LogP contribution in [-0.2, 0) is 27.5 Å². The molecule has 0 aliphatic heterocycles. The van der Waals surface area contributed by atoms with Crippen molar-refractivity contribution in [2.45, 2.75) is 31.4 Å². The van der Waals surface area contributed by atoms with Crippen molar-refractivity contribution in [2.75, 3.05) is 6.26 Å². The van der Waals surface area contributed by atoms with Crippen LogP contribution in [-0.4, -0.2) is 36.0 Å². The van der Waals surface area contributed by atoms with Gasteiger partial charge in [0.1, 0.15) is 9.84 Å². The van der Waals surface area contributed by atoms with Crippen molar-refractivity contribution in [1.29, 1.82) is 0 Å². The number of pyridine rings is 1. The predicted molar refractivity (Wildman–Crippen MR) is 137 cm³/mol. The van der Waals surface area contributed by atoms with Gasteiger partial charge in [-0.3, -0.25) is 9.78 Å². The van der Waals surface area contributed by atoms with E-state index in [1.54, 1.807) is 13.1 Å². The Hall–Kier alpha value is -3.51. The molecule has 0 aliphatic carbocycles. The number of sulfone groups is 1. The Morgan fingerprint density at radius 2 is 1.62 bits per heavy atom. The summed E-state index contributed by atoms with van der Waals surface area (Å²) in [6, 6.07) is 24.0. The van der Waals surface area contributed by atoms with Crippen LogP contribution in [0.5, 0.6) is 0 Å². The van der Waals surface area contributed by atoms with E-state index in [0.29, 0.717) is 12.8 Å². The molecule has 6 heteroatoms. The molecule has 1 unspecified atom stereocenters. The van der Waals surface area contributed by atoms with E-state index in [1.165, 1.54) is 6.26 Å². The first kappa shape index (κ1) is 23.6. The minimum Gasteiger partial charge on any atom is -0.481 e. The highest BCUT2D eigenvalue weighted by atomic mass is 32.2. The second-order valence-electron chi connectivity index (χ2n) is 8.74. The average molecular weight is 474 g/mol. The summed E-state index contributed by atoms with van der Waals surface area (Å²) in [6.45, 7) is 1.74. The molecule has 0 bridgehead atoms. The van der Waals surface area contributed by atoms with Gasteiger partial charge in [0.2, 0.25) is 0 Å². The number of carboxylic acids is 1.